The monoisotopic (exact) mass is 245 g/mol. The molecule has 1 N–H and O–H groups in total. The van der Waals surface area contributed by atoms with Crippen molar-refractivity contribution in [2.75, 3.05) is 6.54 Å². The summed E-state index contributed by atoms with van der Waals surface area (Å²) in [6, 6.07) is 0. The van der Waals surface area contributed by atoms with Crippen LogP contribution in [0.5, 0.6) is 0 Å². The second kappa shape index (κ2) is 4.73. The van der Waals surface area contributed by atoms with E-state index in [4.69, 9.17) is 9.84 Å². The topological polar surface area (TPSA) is 66.8 Å². The smallest absolute Gasteiger partial charge is 0.414 e. The molecule has 0 spiro atoms. The van der Waals surface area contributed by atoms with Gasteiger partial charge in [0.25, 0.3) is 0 Å². The van der Waals surface area contributed by atoms with Crippen LogP contribution in [0.15, 0.2) is 11.5 Å². The quantitative estimate of drug-likeness (QED) is 0.720. The lowest BCUT2D eigenvalue weighted by molar-refractivity contribution is -0.134. The zero-order valence-electron chi connectivity index (χ0n) is 10.1. The van der Waals surface area contributed by atoms with Gasteiger partial charge in [-0.15, -0.1) is 0 Å². The van der Waals surface area contributed by atoms with E-state index in [0.717, 1.165) is 4.90 Å². The molecule has 1 rings (SSSR count). The molecule has 1 aliphatic heterocycles. The van der Waals surface area contributed by atoms with Gasteiger partial charge in [-0.25, -0.2) is 9.59 Å². The zero-order chi connectivity index (χ0) is 13.2. The third-order valence-corrected chi connectivity index (χ3v) is 2.18. The van der Waals surface area contributed by atoms with Gasteiger partial charge < -0.3 is 9.84 Å². The highest BCUT2D eigenvalue weighted by atomic mass is 19.1. The molecule has 1 saturated heterocycles. The van der Waals surface area contributed by atoms with E-state index in [1.165, 1.54) is 0 Å². The molecule has 0 aliphatic carbocycles. The van der Waals surface area contributed by atoms with Crippen LogP contribution in [0.25, 0.3) is 0 Å². The Labute approximate surface area is 98.8 Å². The van der Waals surface area contributed by atoms with E-state index in [2.05, 4.69) is 0 Å². The van der Waals surface area contributed by atoms with Gasteiger partial charge in [0, 0.05) is 6.54 Å². The maximum absolute atomic E-state index is 13.3. The van der Waals surface area contributed by atoms with E-state index in [1.54, 1.807) is 20.8 Å². The minimum absolute atomic E-state index is 0.105. The molecule has 0 unspecified atom stereocenters. The third-order valence-electron chi connectivity index (χ3n) is 2.18. The molecule has 5 nitrogen and oxygen atoms in total. The summed E-state index contributed by atoms with van der Waals surface area (Å²) in [6.45, 7) is 5.36. The Morgan fingerprint density at radius 1 is 1.41 bits per heavy atom. The SMILES string of the molecule is CC(C)(C)OC(=O)N1CCCC1=C(F)C(=O)O. The number of halogens is 1. The first-order valence-corrected chi connectivity index (χ1v) is 5.35. The number of rotatable bonds is 1. The first-order chi connectivity index (χ1) is 7.72. The average Bonchev–Trinajstić information content (AvgIpc) is 2.61. The van der Waals surface area contributed by atoms with E-state index in [1.807, 2.05) is 0 Å². The van der Waals surface area contributed by atoms with Gasteiger partial charge in [0.2, 0.25) is 5.83 Å². The van der Waals surface area contributed by atoms with Crippen molar-refractivity contribution in [1.82, 2.24) is 4.90 Å². The van der Waals surface area contributed by atoms with Crippen molar-refractivity contribution in [1.29, 1.82) is 0 Å². The van der Waals surface area contributed by atoms with Crippen LogP contribution in [-0.4, -0.2) is 34.2 Å². The van der Waals surface area contributed by atoms with Crippen molar-refractivity contribution in [3.8, 4) is 0 Å². The summed E-state index contributed by atoms with van der Waals surface area (Å²) in [7, 11) is 0. The van der Waals surface area contributed by atoms with Crippen LogP contribution in [0.4, 0.5) is 9.18 Å². The van der Waals surface area contributed by atoms with Crippen LogP contribution in [0.2, 0.25) is 0 Å². The number of allylic oxidation sites excluding steroid dienone is 1. The molecule has 0 aromatic rings. The molecule has 1 aliphatic rings. The van der Waals surface area contributed by atoms with Gasteiger partial charge in [-0.1, -0.05) is 0 Å². The van der Waals surface area contributed by atoms with Crippen molar-refractivity contribution >= 4 is 12.1 Å². The van der Waals surface area contributed by atoms with Crippen LogP contribution >= 0.6 is 0 Å². The molecule has 6 heteroatoms. The normalized spacial score (nSPS) is 19.2. The van der Waals surface area contributed by atoms with Crippen molar-refractivity contribution in [3.63, 3.8) is 0 Å². The Morgan fingerprint density at radius 2 is 2.00 bits per heavy atom. The number of hydrogen-bond donors (Lipinski definition) is 1. The lowest BCUT2D eigenvalue weighted by atomic mass is 10.2. The van der Waals surface area contributed by atoms with Gasteiger partial charge >= 0.3 is 12.1 Å². The summed E-state index contributed by atoms with van der Waals surface area (Å²) < 4.78 is 18.4. The first kappa shape index (κ1) is 13.5. The van der Waals surface area contributed by atoms with Crippen molar-refractivity contribution in [3.05, 3.63) is 11.5 Å². The molecule has 0 aromatic heterocycles. The Hall–Kier alpha value is -1.59. The highest BCUT2D eigenvalue weighted by Crippen LogP contribution is 2.27. The predicted octanol–water partition coefficient (Wildman–Crippen LogP) is 2.28. The van der Waals surface area contributed by atoms with Crippen molar-refractivity contribution in [2.24, 2.45) is 0 Å². The van der Waals surface area contributed by atoms with Gasteiger partial charge in [-0.2, -0.15) is 4.39 Å². The second-order valence-corrected chi connectivity index (χ2v) is 4.80. The predicted molar refractivity (Wildman–Crippen MR) is 57.9 cm³/mol. The summed E-state index contributed by atoms with van der Waals surface area (Å²) >= 11 is 0. The molecule has 0 atom stereocenters. The Balaban J connectivity index is 2.87. The maximum atomic E-state index is 13.3. The fraction of sp³-hybridized carbons (Fsp3) is 0.636. The minimum Gasteiger partial charge on any atom is -0.476 e. The molecular formula is C11H16FNO4. The van der Waals surface area contributed by atoms with E-state index < -0.39 is 23.5 Å². The highest BCUT2D eigenvalue weighted by molar-refractivity contribution is 5.86. The molecule has 0 radical (unpaired) electrons. The Bertz CT molecular complexity index is 370. The number of carboxylic acids is 1. The van der Waals surface area contributed by atoms with Crippen molar-refractivity contribution < 1.29 is 23.8 Å². The number of nitrogens with zero attached hydrogens (tertiary/aromatic N) is 1. The Morgan fingerprint density at radius 3 is 2.47 bits per heavy atom. The number of carbonyl (C=O) groups excluding carboxylic acids is 1. The number of hydrogen-bond acceptors (Lipinski definition) is 3. The molecule has 1 heterocycles. The van der Waals surface area contributed by atoms with Gasteiger partial charge in [0.15, 0.2) is 0 Å². The molecule has 0 bridgehead atoms. The fourth-order valence-electron chi connectivity index (χ4n) is 1.54. The average molecular weight is 245 g/mol. The standard InChI is InChI=1S/C11H16FNO4/c1-11(2,3)17-10(16)13-6-4-5-7(13)8(12)9(14)15/h4-6H2,1-3H3,(H,14,15). The number of likely N-dealkylation sites (tertiary alicyclic amines) is 1. The van der Waals surface area contributed by atoms with E-state index >= 15 is 0 Å². The number of carbonyl (C=O) groups is 2. The van der Waals surface area contributed by atoms with Crippen molar-refractivity contribution in [2.45, 2.75) is 39.2 Å². The van der Waals surface area contributed by atoms with E-state index in [-0.39, 0.29) is 18.7 Å². The van der Waals surface area contributed by atoms with E-state index in [9.17, 15) is 14.0 Å². The van der Waals surface area contributed by atoms with Gasteiger partial charge in [0.05, 0.1) is 5.70 Å². The zero-order valence-corrected chi connectivity index (χ0v) is 10.1. The minimum atomic E-state index is -1.66. The summed E-state index contributed by atoms with van der Waals surface area (Å²) in [5, 5.41) is 8.56. The fourth-order valence-corrected chi connectivity index (χ4v) is 1.54. The summed E-state index contributed by atoms with van der Waals surface area (Å²) in [4.78, 5) is 23.3. The number of amides is 1. The molecule has 0 saturated carbocycles. The van der Waals surface area contributed by atoms with E-state index in [0.29, 0.717) is 6.42 Å². The van der Waals surface area contributed by atoms with Crippen LogP contribution < -0.4 is 0 Å². The van der Waals surface area contributed by atoms with Gasteiger partial charge in [-0.3, -0.25) is 4.90 Å². The molecule has 1 fully saturated rings. The van der Waals surface area contributed by atoms with Crippen LogP contribution in [-0.2, 0) is 9.53 Å². The Kier molecular flexibility index (Phi) is 3.75. The summed E-state index contributed by atoms with van der Waals surface area (Å²) in [5.74, 6) is -2.94. The largest absolute Gasteiger partial charge is 0.476 e. The number of aliphatic carboxylic acids is 1. The van der Waals surface area contributed by atoms with Gasteiger partial charge in [0.1, 0.15) is 5.60 Å². The lowest BCUT2D eigenvalue weighted by Gasteiger charge is -2.25. The first-order valence-electron chi connectivity index (χ1n) is 5.35. The highest BCUT2D eigenvalue weighted by Gasteiger charge is 2.32. The molecule has 1 amide bonds. The molecule has 17 heavy (non-hydrogen) atoms. The van der Waals surface area contributed by atoms with Gasteiger partial charge in [-0.05, 0) is 33.6 Å². The lowest BCUT2D eigenvalue weighted by Crippen LogP contribution is -2.34. The summed E-state index contributed by atoms with van der Waals surface area (Å²) in [6.07, 6.45) is 0.0635. The summed E-state index contributed by atoms with van der Waals surface area (Å²) in [5.41, 5.74) is -0.795. The third kappa shape index (κ3) is 3.44. The molecular weight excluding hydrogens is 229 g/mol. The van der Waals surface area contributed by atoms with Crippen LogP contribution in [0.3, 0.4) is 0 Å². The van der Waals surface area contributed by atoms with Crippen LogP contribution in [0, 0.1) is 0 Å². The van der Waals surface area contributed by atoms with Crippen LogP contribution in [0.1, 0.15) is 33.6 Å². The number of carboxylic acid groups (broad SMARTS) is 1. The number of ether oxygens (including phenoxy) is 1. The second-order valence-electron chi connectivity index (χ2n) is 4.80. The molecule has 0 aromatic carbocycles. The molecule has 96 valence electrons. The maximum Gasteiger partial charge on any atom is 0.414 e.